The SMILES string of the molecule is Cc1ccccc1C(=NO)c1ccc(Nc2ccnc3cc(Cl)ccc23)cc1Cl. The van der Waals surface area contributed by atoms with Crippen molar-refractivity contribution in [3.05, 3.63) is 99.7 Å². The number of halogens is 2. The first kappa shape index (κ1) is 19.2. The Kier molecular flexibility index (Phi) is 5.38. The number of benzene rings is 3. The molecule has 0 atom stereocenters. The van der Waals surface area contributed by atoms with E-state index in [1.165, 1.54) is 0 Å². The number of rotatable bonds is 4. The molecule has 144 valence electrons. The molecule has 0 saturated heterocycles. The van der Waals surface area contributed by atoms with E-state index in [9.17, 15) is 5.21 Å². The monoisotopic (exact) mass is 421 g/mol. The molecule has 0 fully saturated rings. The zero-order valence-corrected chi connectivity index (χ0v) is 17.0. The first-order chi connectivity index (χ1) is 14.1. The Labute approximate surface area is 178 Å². The summed E-state index contributed by atoms with van der Waals surface area (Å²) in [5.41, 5.74) is 5.42. The molecule has 0 unspecified atom stereocenters. The Bertz CT molecular complexity index is 1240. The minimum Gasteiger partial charge on any atom is -0.410 e. The summed E-state index contributed by atoms with van der Waals surface area (Å²) < 4.78 is 0. The van der Waals surface area contributed by atoms with Crippen LogP contribution in [0.5, 0.6) is 0 Å². The maximum atomic E-state index is 9.62. The van der Waals surface area contributed by atoms with Gasteiger partial charge in [0.15, 0.2) is 0 Å². The highest BCUT2D eigenvalue weighted by Crippen LogP contribution is 2.30. The maximum Gasteiger partial charge on any atom is 0.118 e. The lowest BCUT2D eigenvalue weighted by Crippen LogP contribution is -2.06. The van der Waals surface area contributed by atoms with Gasteiger partial charge in [0.1, 0.15) is 5.71 Å². The van der Waals surface area contributed by atoms with Crippen molar-refractivity contribution in [3.8, 4) is 0 Å². The van der Waals surface area contributed by atoms with Crippen LogP contribution in [0.1, 0.15) is 16.7 Å². The van der Waals surface area contributed by atoms with Crippen LogP contribution in [-0.2, 0) is 0 Å². The van der Waals surface area contributed by atoms with Gasteiger partial charge in [0.2, 0.25) is 0 Å². The minimum atomic E-state index is 0.434. The second-order valence-electron chi connectivity index (χ2n) is 6.60. The number of nitrogens with zero attached hydrogens (tertiary/aromatic N) is 2. The van der Waals surface area contributed by atoms with Crippen molar-refractivity contribution >= 4 is 51.2 Å². The van der Waals surface area contributed by atoms with Gasteiger partial charge in [-0.05, 0) is 55.0 Å². The molecule has 2 N–H and O–H groups in total. The van der Waals surface area contributed by atoms with E-state index in [0.717, 1.165) is 33.4 Å². The lowest BCUT2D eigenvalue weighted by atomic mass is 9.98. The number of oxime groups is 1. The second-order valence-corrected chi connectivity index (χ2v) is 7.45. The van der Waals surface area contributed by atoms with Gasteiger partial charge in [0, 0.05) is 39.1 Å². The standard InChI is InChI=1S/C23H17Cl2N3O/c1-14-4-2-3-5-17(14)23(28-29)18-9-7-16(13-20(18)25)27-21-10-11-26-22-12-15(24)6-8-19(21)22/h2-13,29H,1H3,(H,26,27). The number of aryl methyl sites for hydroxylation is 1. The van der Waals surface area contributed by atoms with Gasteiger partial charge in [-0.1, -0.05) is 52.6 Å². The van der Waals surface area contributed by atoms with Crippen LogP contribution in [-0.4, -0.2) is 15.9 Å². The fourth-order valence-corrected chi connectivity index (χ4v) is 3.70. The largest absolute Gasteiger partial charge is 0.410 e. The number of aromatic nitrogens is 1. The fourth-order valence-electron chi connectivity index (χ4n) is 3.26. The molecule has 0 amide bonds. The zero-order chi connectivity index (χ0) is 20.4. The number of anilines is 2. The topological polar surface area (TPSA) is 57.5 Å². The molecule has 0 aliphatic rings. The van der Waals surface area contributed by atoms with E-state index < -0.39 is 0 Å². The third-order valence-electron chi connectivity index (χ3n) is 4.71. The van der Waals surface area contributed by atoms with Crippen molar-refractivity contribution in [3.63, 3.8) is 0 Å². The van der Waals surface area contributed by atoms with Gasteiger partial charge in [-0.25, -0.2) is 0 Å². The minimum absolute atomic E-state index is 0.434. The van der Waals surface area contributed by atoms with Crippen LogP contribution in [0.2, 0.25) is 10.0 Å². The lowest BCUT2D eigenvalue weighted by Gasteiger charge is -2.13. The summed E-state index contributed by atoms with van der Waals surface area (Å²) in [6.45, 7) is 1.96. The van der Waals surface area contributed by atoms with E-state index in [4.69, 9.17) is 23.2 Å². The van der Waals surface area contributed by atoms with Gasteiger partial charge in [0.05, 0.1) is 10.5 Å². The molecular formula is C23H17Cl2N3O. The number of fused-ring (bicyclic) bond motifs is 1. The smallest absolute Gasteiger partial charge is 0.118 e. The van der Waals surface area contributed by atoms with Crippen molar-refractivity contribution in [2.24, 2.45) is 5.16 Å². The Hall–Kier alpha value is -3.08. The van der Waals surface area contributed by atoms with Gasteiger partial charge in [0.25, 0.3) is 0 Å². The summed E-state index contributed by atoms with van der Waals surface area (Å²) in [6.07, 6.45) is 1.73. The number of pyridine rings is 1. The van der Waals surface area contributed by atoms with Crippen LogP contribution in [0.15, 0.2) is 78.1 Å². The van der Waals surface area contributed by atoms with Crippen LogP contribution in [0.3, 0.4) is 0 Å². The zero-order valence-electron chi connectivity index (χ0n) is 15.5. The summed E-state index contributed by atoms with van der Waals surface area (Å²) >= 11 is 12.6. The van der Waals surface area contributed by atoms with E-state index in [1.54, 1.807) is 6.20 Å². The summed E-state index contributed by atoms with van der Waals surface area (Å²) in [5.74, 6) is 0. The molecule has 0 aliphatic carbocycles. The lowest BCUT2D eigenvalue weighted by molar-refractivity contribution is 0.319. The van der Waals surface area contributed by atoms with E-state index >= 15 is 0 Å². The molecule has 0 radical (unpaired) electrons. The second kappa shape index (κ2) is 8.11. The Balaban J connectivity index is 1.69. The fraction of sp³-hybridized carbons (Fsp3) is 0.0435. The van der Waals surface area contributed by atoms with E-state index in [0.29, 0.717) is 21.3 Å². The molecule has 6 heteroatoms. The van der Waals surface area contributed by atoms with Crippen molar-refractivity contribution in [1.82, 2.24) is 4.98 Å². The highest BCUT2D eigenvalue weighted by Gasteiger charge is 2.14. The Morgan fingerprint density at radius 1 is 0.966 bits per heavy atom. The Morgan fingerprint density at radius 2 is 1.79 bits per heavy atom. The van der Waals surface area contributed by atoms with Crippen molar-refractivity contribution in [2.75, 3.05) is 5.32 Å². The van der Waals surface area contributed by atoms with Crippen LogP contribution in [0.4, 0.5) is 11.4 Å². The molecule has 3 aromatic carbocycles. The van der Waals surface area contributed by atoms with E-state index in [1.807, 2.05) is 73.7 Å². The quantitative estimate of drug-likeness (QED) is 0.216. The predicted octanol–water partition coefficient (Wildman–Crippen LogP) is 6.82. The first-order valence-electron chi connectivity index (χ1n) is 8.96. The van der Waals surface area contributed by atoms with Gasteiger partial charge in [-0.15, -0.1) is 0 Å². The molecule has 0 aliphatic heterocycles. The van der Waals surface area contributed by atoms with Crippen LogP contribution in [0, 0.1) is 6.92 Å². The molecular weight excluding hydrogens is 405 g/mol. The summed E-state index contributed by atoms with van der Waals surface area (Å²) in [7, 11) is 0. The molecule has 4 nitrogen and oxygen atoms in total. The van der Waals surface area contributed by atoms with E-state index in [2.05, 4.69) is 15.5 Å². The molecule has 29 heavy (non-hydrogen) atoms. The normalized spacial score (nSPS) is 11.6. The number of hydrogen-bond donors (Lipinski definition) is 2. The highest BCUT2D eigenvalue weighted by molar-refractivity contribution is 6.36. The third-order valence-corrected chi connectivity index (χ3v) is 5.26. The summed E-state index contributed by atoms with van der Waals surface area (Å²) in [6, 6.07) is 20.7. The molecule has 0 bridgehead atoms. The first-order valence-corrected chi connectivity index (χ1v) is 9.71. The predicted molar refractivity (Wildman–Crippen MR) is 120 cm³/mol. The molecule has 0 saturated carbocycles. The molecule has 4 aromatic rings. The number of nitrogens with one attached hydrogen (secondary N) is 1. The van der Waals surface area contributed by atoms with Crippen LogP contribution in [0.25, 0.3) is 10.9 Å². The average Bonchev–Trinajstić information content (AvgIpc) is 2.71. The highest BCUT2D eigenvalue weighted by atomic mass is 35.5. The van der Waals surface area contributed by atoms with E-state index in [-0.39, 0.29) is 0 Å². The molecule has 0 spiro atoms. The van der Waals surface area contributed by atoms with Crippen molar-refractivity contribution in [2.45, 2.75) is 6.92 Å². The van der Waals surface area contributed by atoms with Crippen molar-refractivity contribution in [1.29, 1.82) is 0 Å². The number of hydrogen-bond acceptors (Lipinski definition) is 4. The Morgan fingerprint density at radius 3 is 2.55 bits per heavy atom. The van der Waals surface area contributed by atoms with Gasteiger partial charge >= 0.3 is 0 Å². The molecule has 1 heterocycles. The maximum absolute atomic E-state index is 9.62. The van der Waals surface area contributed by atoms with Gasteiger partial charge < -0.3 is 10.5 Å². The third kappa shape index (κ3) is 3.90. The summed E-state index contributed by atoms with van der Waals surface area (Å²) in [5, 5.41) is 18.6. The van der Waals surface area contributed by atoms with Gasteiger partial charge in [-0.2, -0.15) is 0 Å². The van der Waals surface area contributed by atoms with Crippen LogP contribution < -0.4 is 5.32 Å². The molecule has 1 aromatic heterocycles. The van der Waals surface area contributed by atoms with Crippen LogP contribution >= 0.6 is 23.2 Å². The van der Waals surface area contributed by atoms with Crippen molar-refractivity contribution < 1.29 is 5.21 Å². The molecule has 4 rings (SSSR count). The average molecular weight is 422 g/mol. The summed E-state index contributed by atoms with van der Waals surface area (Å²) in [4.78, 5) is 4.36. The van der Waals surface area contributed by atoms with Gasteiger partial charge in [-0.3, -0.25) is 4.98 Å².